The van der Waals surface area contributed by atoms with Gasteiger partial charge in [0.2, 0.25) is 0 Å². The van der Waals surface area contributed by atoms with Crippen molar-refractivity contribution in [1.29, 1.82) is 0 Å². The molecule has 0 aromatic heterocycles. The van der Waals surface area contributed by atoms with Crippen molar-refractivity contribution in [2.24, 2.45) is 11.7 Å². The summed E-state index contributed by atoms with van der Waals surface area (Å²) in [6.07, 6.45) is 0. The second kappa shape index (κ2) is 6.14. The van der Waals surface area contributed by atoms with Gasteiger partial charge in [-0.15, -0.1) is 0 Å². The van der Waals surface area contributed by atoms with E-state index in [1.165, 1.54) is 6.07 Å². The lowest BCUT2D eigenvalue weighted by molar-refractivity contribution is 0.567. The molecule has 0 amide bonds. The number of halogens is 1. The van der Waals surface area contributed by atoms with Crippen LogP contribution >= 0.6 is 12.2 Å². The Morgan fingerprint density at radius 2 is 1.94 bits per heavy atom. The quantitative estimate of drug-likeness (QED) is 0.831. The molecule has 0 saturated heterocycles. The summed E-state index contributed by atoms with van der Waals surface area (Å²) in [7, 11) is 0. The van der Waals surface area contributed by atoms with Gasteiger partial charge < -0.3 is 10.6 Å². The standard InChI is InChI=1S/C14H21FN2S/c1-9(2)8-17(10(3)4)11-5-6-12(14(16)18)13(15)7-11/h5-7,9-10H,8H2,1-4H3,(H2,16,18). The van der Waals surface area contributed by atoms with E-state index >= 15 is 0 Å². The van der Waals surface area contributed by atoms with Crippen LogP contribution in [0.3, 0.4) is 0 Å². The van der Waals surface area contributed by atoms with Gasteiger partial charge >= 0.3 is 0 Å². The maximum atomic E-state index is 13.9. The van der Waals surface area contributed by atoms with E-state index in [-0.39, 0.29) is 10.8 Å². The zero-order chi connectivity index (χ0) is 13.9. The SMILES string of the molecule is CC(C)CN(c1ccc(C(N)=S)c(F)c1)C(C)C. The van der Waals surface area contributed by atoms with Crippen LogP contribution in [0.5, 0.6) is 0 Å². The summed E-state index contributed by atoms with van der Waals surface area (Å²) in [6.45, 7) is 9.39. The molecule has 1 aromatic carbocycles. The van der Waals surface area contributed by atoms with Crippen molar-refractivity contribution in [3.63, 3.8) is 0 Å². The van der Waals surface area contributed by atoms with Crippen LogP contribution in [-0.2, 0) is 0 Å². The van der Waals surface area contributed by atoms with Gasteiger partial charge in [0.25, 0.3) is 0 Å². The Labute approximate surface area is 114 Å². The minimum Gasteiger partial charge on any atom is -0.389 e. The van der Waals surface area contributed by atoms with Gasteiger partial charge in [-0.3, -0.25) is 0 Å². The van der Waals surface area contributed by atoms with E-state index in [9.17, 15) is 4.39 Å². The molecule has 1 aromatic rings. The second-order valence-corrected chi connectivity index (χ2v) is 5.61. The lowest BCUT2D eigenvalue weighted by atomic mass is 10.1. The van der Waals surface area contributed by atoms with E-state index in [0.29, 0.717) is 17.5 Å². The van der Waals surface area contributed by atoms with Gasteiger partial charge in [0.15, 0.2) is 0 Å². The van der Waals surface area contributed by atoms with Crippen LogP contribution in [0.25, 0.3) is 0 Å². The van der Waals surface area contributed by atoms with Gasteiger partial charge in [0, 0.05) is 23.8 Å². The molecule has 18 heavy (non-hydrogen) atoms. The molecule has 0 spiro atoms. The largest absolute Gasteiger partial charge is 0.389 e. The zero-order valence-electron chi connectivity index (χ0n) is 11.4. The predicted molar refractivity (Wildman–Crippen MR) is 79.6 cm³/mol. The first-order valence-corrected chi connectivity index (χ1v) is 6.59. The fourth-order valence-electron chi connectivity index (χ4n) is 1.89. The maximum absolute atomic E-state index is 13.9. The molecule has 100 valence electrons. The third kappa shape index (κ3) is 3.67. The van der Waals surface area contributed by atoms with E-state index in [1.54, 1.807) is 6.07 Å². The first kappa shape index (κ1) is 14.9. The summed E-state index contributed by atoms with van der Waals surface area (Å²) in [5.41, 5.74) is 6.64. The molecule has 0 aliphatic rings. The molecule has 2 nitrogen and oxygen atoms in total. The van der Waals surface area contributed by atoms with Gasteiger partial charge in [0.05, 0.1) is 0 Å². The Morgan fingerprint density at radius 1 is 1.33 bits per heavy atom. The number of nitrogens with zero attached hydrogens (tertiary/aromatic N) is 1. The van der Waals surface area contributed by atoms with E-state index in [0.717, 1.165) is 12.2 Å². The number of thiocarbonyl (C=S) groups is 1. The van der Waals surface area contributed by atoms with Crippen LogP contribution in [-0.4, -0.2) is 17.6 Å². The average molecular weight is 268 g/mol. The molecule has 1 rings (SSSR count). The lowest BCUT2D eigenvalue weighted by Crippen LogP contribution is -2.34. The molecule has 0 saturated carbocycles. The Hall–Kier alpha value is -1.16. The van der Waals surface area contributed by atoms with Gasteiger partial charge in [-0.05, 0) is 38.0 Å². The van der Waals surface area contributed by atoms with Gasteiger partial charge in [0.1, 0.15) is 10.8 Å². The fraction of sp³-hybridized carbons (Fsp3) is 0.500. The number of anilines is 1. The molecular weight excluding hydrogens is 247 g/mol. The number of hydrogen-bond donors (Lipinski definition) is 1. The van der Waals surface area contributed by atoms with Crippen molar-refractivity contribution < 1.29 is 4.39 Å². The summed E-state index contributed by atoms with van der Waals surface area (Å²) < 4.78 is 13.9. The number of hydrogen-bond acceptors (Lipinski definition) is 2. The molecule has 0 unspecified atom stereocenters. The highest BCUT2D eigenvalue weighted by Crippen LogP contribution is 2.22. The topological polar surface area (TPSA) is 29.3 Å². The Balaban J connectivity index is 3.07. The summed E-state index contributed by atoms with van der Waals surface area (Å²) in [5.74, 6) is 0.167. The van der Waals surface area contributed by atoms with Crippen molar-refractivity contribution >= 4 is 22.9 Å². The summed E-state index contributed by atoms with van der Waals surface area (Å²) >= 11 is 4.80. The monoisotopic (exact) mass is 268 g/mol. The highest BCUT2D eigenvalue weighted by Gasteiger charge is 2.14. The molecule has 0 atom stereocenters. The van der Waals surface area contributed by atoms with Crippen LogP contribution in [0.1, 0.15) is 33.3 Å². The van der Waals surface area contributed by atoms with Crippen molar-refractivity contribution in [1.82, 2.24) is 0 Å². The average Bonchev–Trinajstić information content (AvgIpc) is 2.24. The number of nitrogens with two attached hydrogens (primary N) is 1. The molecule has 0 fully saturated rings. The predicted octanol–water partition coefficient (Wildman–Crippen LogP) is 3.33. The van der Waals surface area contributed by atoms with Crippen molar-refractivity contribution in [2.75, 3.05) is 11.4 Å². The third-order valence-electron chi connectivity index (χ3n) is 2.73. The molecule has 0 aliphatic carbocycles. The Morgan fingerprint density at radius 3 is 2.33 bits per heavy atom. The fourth-order valence-corrected chi connectivity index (χ4v) is 2.06. The highest BCUT2D eigenvalue weighted by atomic mass is 32.1. The van der Waals surface area contributed by atoms with E-state index < -0.39 is 0 Å². The highest BCUT2D eigenvalue weighted by molar-refractivity contribution is 7.80. The first-order valence-electron chi connectivity index (χ1n) is 6.19. The smallest absolute Gasteiger partial charge is 0.135 e. The van der Waals surface area contributed by atoms with Gasteiger partial charge in [-0.2, -0.15) is 0 Å². The van der Waals surface area contributed by atoms with Crippen molar-refractivity contribution in [3.05, 3.63) is 29.6 Å². The lowest BCUT2D eigenvalue weighted by Gasteiger charge is -2.31. The van der Waals surface area contributed by atoms with Crippen LogP contribution in [0.2, 0.25) is 0 Å². The molecular formula is C14H21FN2S. The number of benzene rings is 1. The molecule has 2 N–H and O–H groups in total. The maximum Gasteiger partial charge on any atom is 0.135 e. The number of rotatable bonds is 5. The first-order chi connectivity index (χ1) is 8.32. The van der Waals surface area contributed by atoms with Crippen LogP contribution in [0.15, 0.2) is 18.2 Å². The summed E-state index contributed by atoms with van der Waals surface area (Å²) in [4.78, 5) is 2.27. The normalized spacial score (nSPS) is 11.1. The second-order valence-electron chi connectivity index (χ2n) is 5.17. The van der Waals surface area contributed by atoms with Crippen molar-refractivity contribution in [3.8, 4) is 0 Å². The van der Waals surface area contributed by atoms with E-state index in [4.69, 9.17) is 18.0 Å². The van der Waals surface area contributed by atoms with Crippen LogP contribution < -0.4 is 10.6 Å². The Kier molecular flexibility index (Phi) is 5.08. The zero-order valence-corrected chi connectivity index (χ0v) is 12.2. The third-order valence-corrected chi connectivity index (χ3v) is 2.95. The Bertz CT molecular complexity index is 430. The summed E-state index contributed by atoms with van der Waals surface area (Å²) in [6, 6.07) is 5.36. The summed E-state index contributed by atoms with van der Waals surface area (Å²) in [5, 5.41) is 0. The van der Waals surface area contributed by atoms with Crippen LogP contribution in [0.4, 0.5) is 10.1 Å². The molecule has 0 heterocycles. The van der Waals surface area contributed by atoms with E-state index in [2.05, 4.69) is 32.6 Å². The van der Waals surface area contributed by atoms with Crippen molar-refractivity contribution in [2.45, 2.75) is 33.7 Å². The minimum atomic E-state index is -0.352. The molecule has 4 heteroatoms. The molecule has 0 bridgehead atoms. The van der Waals surface area contributed by atoms with Gasteiger partial charge in [-0.1, -0.05) is 26.1 Å². The van der Waals surface area contributed by atoms with Gasteiger partial charge in [-0.25, -0.2) is 4.39 Å². The minimum absolute atomic E-state index is 0.0963. The molecule has 0 aliphatic heterocycles. The van der Waals surface area contributed by atoms with Crippen LogP contribution in [0, 0.1) is 11.7 Å². The molecule has 0 radical (unpaired) electrons. The van der Waals surface area contributed by atoms with E-state index in [1.807, 2.05) is 6.07 Å².